The maximum atomic E-state index is 13.8. The molecular formula is C12H12FN7. The molecule has 0 fully saturated rings. The second kappa shape index (κ2) is 5.08. The second-order valence-electron chi connectivity index (χ2n) is 4.23. The van der Waals surface area contributed by atoms with Gasteiger partial charge >= 0.3 is 0 Å². The zero-order valence-electron chi connectivity index (χ0n) is 10.7. The number of hydrogen-bond donors (Lipinski definition) is 1. The van der Waals surface area contributed by atoms with Gasteiger partial charge in [-0.3, -0.25) is 0 Å². The molecule has 0 aliphatic carbocycles. The van der Waals surface area contributed by atoms with Crippen LogP contribution in [0.25, 0.3) is 5.69 Å². The molecule has 0 saturated carbocycles. The summed E-state index contributed by atoms with van der Waals surface area (Å²) in [6.45, 7) is 0.430. The van der Waals surface area contributed by atoms with E-state index in [9.17, 15) is 4.39 Å². The van der Waals surface area contributed by atoms with E-state index in [1.54, 1.807) is 18.3 Å². The minimum Gasteiger partial charge on any atom is -0.375 e. The fraction of sp³-hybridized carbons (Fsp3) is 0.167. The van der Waals surface area contributed by atoms with E-state index in [0.717, 1.165) is 5.82 Å². The van der Waals surface area contributed by atoms with Crippen molar-refractivity contribution >= 4 is 5.69 Å². The largest absolute Gasteiger partial charge is 0.375 e. The lowest BCUT2D eigenvalue weighted by molar-refractivity contribution is 0.628. The average Bonchev–Trinajstić information content (AvgIpc) is 3.10. The van der Waals surface area contributed by atoms with Gasteiger partial charge in [0, 0.05) is 19.4 Å². The van der Waals surface area contributed by atoms with Gasteiger partial charge in [-0.2, -0.15) is 0 Å². The highest BCUT2D eigenvalue weighted by molar-refractivity contribution is 5.52. The maximum absolute atomic E-state index is 13.8. The molecule has 2 aromatic heterocycles. The van der Waals surface area contributed by atoms with Crippen LogP contribution in [0.4, 0.5) is 10.1 Å². The van der Waals surface area contributed by atoms with Gasteiger partial charge in [-0.05, 0) is 28.6 Å². The van der Waals surface area contributed by atoms with Gasteiger partial charge in [0.25, 0.3) is 0 Å². The van der Waals surface area contributed by atoms with Gasteiger partial charge in [-0.1, -0.05) is 0 Å². The molecule has 3 aromatic rings. The van der Waals surface area contributed by atoms with E-state index < -0.39 is 0 Å². The molecule has 102 valence electrons. The smallest absolute Gasteiger partial charge is 0.146 e. The highest BCUT2D eigenvalue weighted by Crippen LogP contribution is 2.18. The molecule has 7 nitrogen and oxygen atoms in total. The van der Waals surface area contributed by atoms with Crippen LogP contribution in [0.5, 0.6) is 0 Å². The van der Waals surface area contributed by atoms with E-state index in [2.05, 4.69) is 25.8 Å². The molecule has 0 saturated heterocycles. The van der Waals surface area contributed by atoms with Crippen LogP contribution in [-0.2, 0) is 13.6 Å². The molecule has 0 amide bonds. The normalized spacial score (nSPS) is 10.7. The summed E-state index contributed by atoms with van der Waals surface area (Å²) >= 11 is 0. The first-order valence-electron chi connectivity index (χ1n) is 5.97. The Morgan fingerprint density at radius 2 is 2.25 bits per heavy atom. The molecule has 1 N–H and O–H groups in total. The van der Waals surface area contributed by atoms with Gasteiger partial charge in [0.15, 0.2) is 0 Å². The van der Waals surface area contributed by atoms with E-state index in [0.29, 0.717) is 17.9 Å². The fourth-order valence-corrected chi connectivity index (χ4v) is 1.81. The van der Waals surface area contributed by atoms with Crippen LogP contribution in [0.3, 0.4) is 0 Å². The first kappa shape index (κ1) is 12.3. The van der Waals surface area contributed by atoms with Crippen LogP contribution in [0.2, 0.25) is 0 Å². The summed E-state index contributed by atoms with van der Waals surface area (Å²) in [5, 5.41) is 13.9. The van der Waals surface area contributed by atoms with Crippen molar-refractivity contribution in [1.82, 2.24) is 29.8 Å². The molecule has 8 heteroatoms. The number of hydrogen-bond acceptors (Lipinski definition) is 5. The lowest BCUT2D eigenvalue weighted by Gasteiger charge is -2.09. The van der Waals surface area contributed by atoms with Crippen molar-refractivity contribution < 1.29 is 4.39 Å². The Bertz CT molecular complexity index is 704. The third kappa shape index (κ3) is 2.35. The number of rotatable bonds is 4. The van der Waals surface area contributed by atoms with Gasteiger partial charge in [0.1, 0.15) is 18.0 Å². The second-order valence-corrected chi connectivity index (χ2v) is 4.23. The van der Waals surface area contributed by atoms with E-state index in [1.807, 2.05) is 17.8 Å². The lowest BCUT2D eigenvalue weighted by atomic mass is 10.2. The number of anilines is 1. The molecule has 0 bridgehead atoms. The monoisotopic (exact) mass is 273 g/mol. The van der Waals surface area contributed by atoms with E-state index in [4.69, 9.17) is 0 Å². The molecule has 3 rings (SSSR count). The Balaban J connectivity index is 1.82. The molecule has 0 spiro atoms. The molecule has 0 aliphatic heterocycles. The SMILES string of the molecule is Cn1ccnc1CNc1cc(-n2cnnn2)ccc1F. The van der Waals surface area contributed by atoms with Gasteiger partial charge in [-0.25, -0.2) is 14.1 Å². The minimum atomic E-state index is -0.337. The van der Waals surface area contributed by atoms with Crippen LogP contribution < -0.4 is 5.32 Å². The number of imidazole rings is 1. The average molecular weight is 273 g/mol. The Morgan fingerprint density at radius 3 is 2.95 bits per heavy atom. The Kier molecular flexibility index (Phi) is 3.12. The van der Waals surface area contributed by atoms with Gasteiger partial charge in [-0.15, -0.1) is 5.10 Å². The predicted molar refractivity (Wildman–Crippen MR) is 69.6 cm³/mol. The predicted octanol–water partition coefficient (Wildman–Crippen LogP) is 1.15. The standard InChI is InChI=1S/C12H12FN7/c1-19-5-4-14-12(19)7-15-11-6-9(2-3-10(11)13)20-8-16-17-18-20/h2-6,8,15H,7H2,1H3. The van der Waals surface area contributed by atoms with Crippen molar-refractivity contribution in [2.75, 3.05) is 5.32 Å². The summed E-state index contributed by atoms with van der Waals surface area (Å²) in [6.07, 6.45) is 4.99. The number of nitrogens with zero attached hydrogens (tertiary/aromatic N) is 6. The highest BCUT2D eigenvalue weighted by Gasteiger charge is 2.07. The summed E-state index contributed by atoms with van der Waals surface area (Å²) < 4.78 is 17.1. The molecule has 20 heavy (non-hydrogen) atoms. The first-order valence-corrected chi connectivity index (χ1v) is 5.97. The third-order valence-corrected chi connectivity index (χ3v) is 2.92. The van der Waals surface area contributed by atoms with Crippen molar-refractivity contribution in [2.45, 2.75) is 6.54 Å². The van der Waals surface area contributed by atoms with E-state index >= 15 is 0 Å². The fourth-order valence-electron chi connectivity index (χ4n) is 1.81. The first-order chi connectivity index (χ1) is 9.74. The number of tetrazole rings is 1. The zero-order chi connectivity index (χ0) is 13.9. The van der Waals surface area contributed by atoms with Gasteiger partial charge in [0.05, 0.1) is 17.9 Å². The Hall–Kier alpha value is -2.77. The summed E-state index contributed by atoms with van der Waals surface area (Å²) in [7, 11) is 1.89. The molecule has 1 aromatic carbocycles. The number of aryl methyl sites for hydroxylation is 1. The van der Waals surface area contributed by atoms with Crippen LogP contribution >= 0.6 is 0 Å². The van der Waals surface area contributed by atoms with Crippen molar-refractivity contribution in [3.63, 3.8) is 0 Å². The Morgan fingerprint density at radius 1 is 1.35 bits per heavy atom. The van der Waals surface area contributed by atoms with Crippen LogP contribution in [0, 0.1) is 5.82 Å². The Labute approximate surface area is 114 Å². The molecule has 2 heterocycles. The van der Waals surface area contributed by atoms with Gasteiger partial charge in [0.2, 0.25) is 0 Å². The van der Waals surface area contributed by atoms with Crippen molar-refractivity contribution in [2.24, 2.45) is 7.05 Å². The quantitative estimate of drug-likeness (QED) is 0.772. The summed E-state index contributed by atoms with van der Waals surface area (Å²) in [5.74, 6) is 0.480. The van der Waals surface area contributed by atoms with Crippen LogP contribution in [0.1, 0.15) is 5.82 Å². The van der Waals surface area contributed by atoms with Crippen LogP contribution in [-0.4, -0.2) is 29.8 Å². The molecule has 0 atom stereocenters. The van der Waals surface area contributed by atoms with Crippen LogP contribution in [0.15, 0.2) is 36.9 Å². The van der Waals surface area contributed by atoms with Gasteiger partial charge < -0.3 is 9.88 Å². The third-order valence-electron chi connectivity index (χ3n) is 2.92. The lowest BCUT2D eigenvalue weighted by Crippen LogP contribution is -2.07. The number of aromatic nitrogens is 6. The van der Waals surface area contributed by atoms with Crippen molar-refractivity contribution in [3.05, 3.63) is 48.6 Å². The number of benzene rings is 1. The molecular weight excluding hydrogens is 261 g/mol. The van der Waals surface area contributed by atoms with Crippen molar-refractivity contribution in [3.8, 4) is 5.69 Å². The molecule has 0 radical (unpaired) electrons. The summed E-state index contributed by atoms with van der Waals surface area (Å²) in [4.78, 5) is 4.17. The van der Waals surface area contributed by atoms with Crippen molar-refractivity contribution in [1.29, 1.82) is 0 Å². The number of nitrogens with one attached hydrogen (secondary N) is 1. The molecule has 0 unspecified atom stereocenters. The van der Waals surface area contributed by atoms with E-state index in [1.165, 1.54) is 17.1 Å². The molecule has 0 aliphatic rings. The summed E-state index contributed by atoms with van der Waals surface area (Å²) in [6, 6.07) is 4.63. The number of halogens is 1. The highest BCUT2D eigenvalue weighted by atomic mass is 19.1. The minimum absolute atomic E-state index is 0.337. The zero-order valence-corrected chi connectivity index (χ0v) is 10.7. The maximum Gasteiger partial charge on any atom is 0.146 e. The van der Waals surface area contributed by atoms with E-state index in [-0.39, 0.29) is 5.82 Å². The topological polar surface area (TPSA) is 73.5 Å². The summed E-state index contributed by atoms with van der Waals surface area (Å²) in [5.41, 5.74) is 1.06.